The van der Waals surface area contributed by atoms with E-state index in [4.69, 9.17) is 39.0 Å². The van der Waals surface area contributed by atoms with Crippen LogP contribution in [0.3, 0.4) is 0 Å². The monoisotopic (exact) mass is 522 g/mol. The molecule has 0 aromatic carbocycles. The molecule has 11 N–H and O–H groups in total. The van der Waals surface area contributed by atoms with Gasteiger partial charge in [0.1, 0.15) is 24.4 Å². The molecule has 4 atom stereocenters. The Bertz CT molecular complexity index is 943. The number of aliphatic hydroxyl groups excluding tert-OH is 1. The molecule has 2 aromatic rings. The van der Waals surface area contributed by atoms with Crippen LogP contribution in [0.2, 0.25) is 0 Å². The molecule has 2 aromatic heterocycles. The first-order chi connectivity index (χ1) is 14.1. The number of halogens is 1. The van der Waals surface area contributed by atoms with E-state index in [0.29, 0.717) is 11.2 Å². The Kier molecular flexibility index (Phi) is 15.1. The second-order valence-corrected chi connectivity index (χ2v) is 7.09. The van der Waals surface area contributed by atoms with E-state index in [-0.39, 0.29) is 47.2 Å². The maximum absolute atomic E-state index is 14.1. The molecular weight excluding hydrogens is 500 g/mol. The van der Waals surface area contributed by atoms with Gasteiger partial charge in [-0.2, -0.15) is 0 Å². The van der Waals surface area contributed by atoms with Crippen LogP contribution in [0.5, 0.6) is 0 Å². The van der Waals surface area contributed by atoms with Gasteiger partial charge >= 0.3 is 25.2 Å². The fourth-order valence-electron chi connectivity index (χ4n) is 3.13. The summed E-state index contributed by atoms with van der Waals surface area (Å²) in [5.41, 5.74) is 6.66. The third-order valence-electron chi connectivity index (χ3n) is 4.25. The summed E-state index contributed by atoms with van der Waals surface area (Å²) in [5, 5.41) is 9.73. The maximum atomic E-state index is 14.1. The van der Waals surface area contributed by atoms with Gasteiger partial charge in [0.15, 0.2) is 5.82 Å². The minimum atomic E-state index is -2.87. The number of nitrogens with two attached hydrogens (primary N) is 1. The van der Waals surface area contributed by atoms with Crippen molar-refractivity contribution in [3.05, 3.63) is 30.5 Å². The van der Waals surface area contributed by atoms with Crippen molar-refractivity contribution in [3.63, 3.8) is 0 Å². The number of aliphatic hydroxyl groups is 1. The molecule has 0 amide bonds. The zero-order valence-corrected chi connectivity index (χ0v) is 18.7. The summed E-state index contributed by atoms with van der Waals surface area (Å²) in [5.74, 6) is -1.14. The Morgan fingerprint density at radius 1 is 1.28 bits per heavy atom. The lowest BCUT2D eigenvalue weighted by molar-refractivity contribution is 0.0597. The normalized spacial score (nSPS) is 19.2. The third-order valence-corrected chi connectivity index (χ3v) is 4.62. The molecule has 19 heteroatoms. The van der Waals surface area contributed by atoms with Gasteiger partial charge in [0.05, 0.1) is 11.4 Å². The highest BCUT2D eigenvalue weighted by molar-refractivity contribution is 7.32. The van der Waals surface area contributed by atoms with E-state index in [2.05, 4.69) is 16.5 Å². The standard InChI is InChI=1S/C13H14FN4O4P.HO3P.HO2P.2H2O/c1-6-8(4-22-23(20)21)7(3-19)11(6)18-2-9(14)10-12(15)16-5-17-13(10)18;1-4(2)3;1-3-2;;/h2,5,7-8,11,19H,1,3-4H2,(H2-,15,16,17,20,21);(H-,1,2,3);(H,1,2);2*1H2/p+2/t7-,8+,11-;;;;/m1..../s1. The number of hydrogen-bond acceptors (Lipinski definition) is 8. The molecule has 2 heterocycles. The Morgan fingerprint density at radius 3 is 2.28 bits per heavy atom. The summed E-state index contributed by atoms with van der Waals surface area (Å²) >= 11 is 0. The van der Waals surface area contributed by atoms with Crippen molar-refractivity contribution in [2.75, 3.05) is 18.9 Å². The Morgan fingerprint density at radius 2 is 1.81 bits per heavy atom. The van der Waals surface area contributed by atoms with Crippen LogP contribution in [-0.4, -0.2) is 63.4 Å². The first kappa shape index (κ1) is 32.3. The first-order valence-electron chi connectivity index (χ1n) is 7.77. The minimum Gasteiger partial charge on any atom is -0.412 e. The summed E-state index contributed by atoms with van der Waals surface area (Å²) < 4.78 is 48.2. The van der Waals surface area contributed by atoms with E-state index < -0.39 is 37.1 Å². The van der Waals surface area contributed by atoms with Crippen molar-refractivity contribution in [1.82, 2.24) is 14.5 Å². The van der Waals surface area contributed by atoms with Gasteiger partial charge in [0, 0.05) is 33.8 Å². The predicted octanol–water partition coefficient (Wildman–Crippen LogP) is -0.681. The molecule has 0 radical (unpaired) electrons. The van der Waals surface area contributed by atoms with E-state index in [0.717, 1.165) is 0 Å². The molecule has 0 aliphatic heterocycles. The smallest absolute Gasteiger partial charge is 0.412 e. The van der Waals surface area contributed by atoms with Crippen molar-refractivity contribution in [1.29, 1.82) is 0 Å². The summed E-state index contributed by atoms with van der Waals surface area (Å²) in [6, 6.07) is -0.397. The fraction of sp³-hybridized carbons (Fsp3) is 0.385. The third kappa shape index (κ3) is 7.89. The average Bonchev–Trinajstić information content (AvgIpc) is 2.97. The van der Waals surface area contributed by atoms with Crippen LogP contribution < -0.4 is 5.73 Å². The van der Waals surface area contributed by atoms with Crippen molar-refractivity contribution < 1.29 is 58.2 Å². The number of nitrogen functional groups attached to an aromatic ring is 1. The van der Waals surface area contributed by atoms with Gasteiger partial charge in [-0.15, -0.1) is 19.2 Å². The second kappa shape index (κ2) is 15.0. The molecule has 32 heavy (non-hydrogen) atoms. The molecule has 0 spiro atoms. The van der Waals surface area contributed by atoms with E-state index in [9.17, 15) is 14.1 Å². The van der Waals surface area contributed by atoms with Crippen LogP contribution >= 0.6 is 25.2 Å². The number of hydrogen-bond donors (Lipinski definition) is 6. The van der Waals surface area contributed by atoms with Gasteiger partial charge in [0.2, 0.25) is 0 Å². The number of anilines is 1. The Hall–Kier alpha value is -1.93. The Labute approximate surface area is 182 Å². The topological polar surface area (TPSA) is 281 Å². The summed E-state index contributed by atoms with van der Waals surface area (Å²) in [4.78, 5) is 37.8. The molecule has 1 fully saturated rings. The number of rotatable bonds is 5. The average molecular weight is 522 g/mol. The van der Waals surface area contributed by atoms with Gasteiger partial charge < -0.3 is 31.3 Å². The molecule has 0 saturated heterocycles. The van der Waals surface area contributed by atoms with Crippen LogP contribution in [0.1, 0.15) is 6.04 Å². The van der Waals surface area contributed by atoms with Crippen LogP contribution in [0.25, 0.3) is 11.0 Å². The first-order valence-corrected chi connectivity index (χ1v) is 10.8. The lowest BCUT2D eigenvalue weighted by Gasteiger charge is -2.46. The van der Waals surface area contributed by atoms with Crippen molar-refractivity contribution in [2.45, 2.75) is 6.04 Å². The van der Waals surface area contributed by atoms with Crippen LogP contribution in [-0.2, 0) is 18.2 Å². The predicted molar refractivity (Wildman–Crippen MR) is 109 cm³/mol. The van der Waals surface area contributed by atoms with Gasteiger partial charge in [-0.1, -0.05) is 6.58 Å². The maximum Gasteiger partial charge on any atom is 0.694 e. The number of nitrogens with zero attached hydrogens (tertiary/aromatic N) is 3. The van der Waals surface area contributed by atoms with Crippen molar-refractivity contribution in [2.24, 2.45) is 11.8 Å². The highest BCUT2D eigenvalue weighted by Crippen LogP contribution is 2.50. The van der Waals surface area contributed by atoms with E-state index >= 15 is 0 Å². The fourth-order valence-corrected chi connectivity index (χ4v) is 3.42. The Balaban J connectivity index is 0. The minimum absolute atomic E-state index is 0. The van der Waals surface area contributed by atoms with Crippen molar-refractivity contribution in [3.8, 4) is 0 Å². The molecule has 1 saturated carbocycles. The SMILES string of the molecule is C=C1[C@@H](n2cc(F)c3c(N)ncnc32)[C@H](CO)[C@H]1CO[P+](=O)O.O.O.O=PO.O=[P+](O)O. The molecule has 1 aliphatic carbocycles. The van der Waals surface area contributed by atoms with Gasteiger partial charge in [-0.25, -0.2) is 18.9 Å². The number of fused-ring (bicyclic) bond motifs is 1. The number of aromatic nitrogens is 3. The van der Waals surface area contributed by atoms with E-state index in [1.165, 1.54) is 12.5 Å². The lowest BCUT2D eigenvalue weighted by atomic mass is 9.66. The van der Waals surface area contributed by atoms with Crippen LogP contribution in [0, 0.1) is 17.7 Å². The zero-order chi connectivity index (χ0) is 23.0. The quantitative estimate of drug-likeness (QED) is 0.210. The molecule has 1 unspecified atom stereocenters. The molecule has 0 bridgehead atoms. The summed E-state index contributed by atoms with van der Waals surface area (Å²) in [6.07, 6.45) is 2.48. The van der Waals surface area contributed by atoms with Gasteiger partial charge in [-0.05, 0) is 5.57 Å². The molecule has 15 nitrogen and oxygen atoms in total. The summed E-state index contributed by atoms with van der Waals surface area (Å²) in [6.45, 7) is 3.69. The molecular formula is C13H22FN4O11P3+2. The van der Waals surface area contributed by atoms with Crippen LogP contribution in [0.4, 0.5) is 10.2 Å². The van der Waals surface area contributed by atoms with Crippen LogP contribution in [0.15, 0.2) is 24.7 Å². The summed E-state index contributed by atoms with van der Waals surface area (Å²) in [7, 11) is -6.43. The highest BCUT2D eigenvalue weighted by atomic mass is 31.1. The highest BCUT2D eigenvalue weighted by Gasteiger charge is 2.47. The molecule has 1 aliphatic rings. The van der Waals surface area contributed by atoms with Gasteiger partial charge in [-0.3, -0.25) is 0 Å². The van der Waals surface area contributed by atoms with Crippen molar-refractivity contribution >= 4 is 42.0 Å². The molecule has 180 valence electrons. The zero-order valence-electron chi connectivity index (χ0n) is 16.0. The second-order valence-electron chi connectivity index (χ2n) is 5.68. The molecule has 3 rings (SSSR count). The van der Waals surface area contributed by atoms with E-state index in [1.54, 1.807) is 4.57 Å². The van der Waals surface area contributed by atoms with Gasteiger partial charge in [0.25, 0.3) is 0 Å². The largest absolute Gasteiger partial charge is 0.694 e. The van der Waals surface area contributed by atoms with E-state index in [1.807, 2.05) is 0 Å². The lowest BCUT2D eigenvalue weighted by Crippen LogP contribution is -2.44.